The van der Waals surface area contributed by atoms with E-state index in [0.29, 0.717) is 51.4 Å². The molecule has 4 heterocycles. The van der Waals surface area contributed by atoms with Crippen molar-refractivity contribution in [3.63, 3.8) is 0 Å². The molecular formula is C37H44N6O5. The van der Waals surface area contributed by atoms with Crippen LogP contribution in [0, 0.1) is 0 Å². The molecule has 11 nitrogen and oxygen atoms in total. The first-order chi connectivity index (χ1) is 23.6. The number of methoxy groups -OCH3 is 1. The molecule has 1 atom stereocenters. The van der Waals surface area contributed by atoms with E-state index < -0.39 is 0 Å². The van der Waals surface area contributed by atoms with Crippen LogP contribution in [0.2, 0.25) is 0 Å². The first kappa shape index (κ1) is 32.0. The maximum atomic E-state index is 12.9. The number of anilines is 2. The van der Waals surface area contributed by atoms with Gasteiger partial charge in [-0.25, -0.2) is 4.79 Å². The van der Waals surface area contributed by atoms with Gasteiger partial charge in [0.2, 0.25) is 0 Å². The molecule has 0 saturated carbocycles. The van der Waals surface area contributed by atoms with E-state index in [-0.39, 0.29) is 19.5 Å². The second kappa shape index (κ2) is 14.7. The molecule has 0 aliphatic carbocycles. The van der Waals surface area contributed by atoms with Gasteiger partial charge in [0, 0.05) is 68.6 Å². The number of benzene rings is 3. The van der Waals surface area contributed by atoms with Crippen molar-refractivity contribution >= 4 is 28.4 Å². The third-order valence-electron chi connectivity index (χ3n) is 9.64. The summed E-state index contributed by atoms with van der Waals surface area (Å²) < 4.78 is 23.0. The van der Waals surface area contributed by atoms with E-state index in [1.807, 2.05) is 36.4 Å². The molecule has 0 N–H and O–H groups in total. The van der Waals surface area contributed by atoms with Crippen LogP contribution in [0.5, 0.6) is 11.8 Å². The Labute approximate surface area is 282 Å². The highest BCUT2D eigenvalue weighted by Gasteiger charge is 2.30. The predicted molar refractivity (Wildman–Crippen MR) is 185 cm³/mol. The van der Waals surface area contributed by atoms with Gasteiger partial charge in [-0.15, -0.1) is 0 Å². The summed E-state index contributed by atoms with van der Waals surface area (Å²) in [5.41, 5.74) is 4.19. The molecule has 2 saturated heterocycles. The quantitative estimate of drug-likeness (QED) is 0.215. The fourth-order valence-electron chi connectivity index (χ4n) is 6.93. The lowest BCUT2D eigenvalue weighted by Gasteiger charge is -2.38. The summed E-state index contributed by atoms with van der Waals surface area (Å²) >= 11 is 0. The summed E-state index contributed by atoms with van der Waals surface area (Å²) in [6.07, 6.45) is 2.79. The van der Waals surface area contributed by atoms with E-state index in [4.69, 9.17) is 28.9 Å². The zero-order chi connectivity index (χ0) is 32.9. The number of likely N-dealkylation sites (tertiary alicyclic amines) is 1. The van der Waals surface area contributed by atoms with Crippen molar-refractivity contribution in [1.82, 2.24) is 19.8 Å². The number of hydrogen-bond acceptors (Lipinski definition) is 10. The topological polar surface area (TPSA) is 92.7 Å². The molecule has 48 heavy (non-hydrogen) atoms. The summed E-state index contributed by atoms with van der Waals surface area (Å²) in [4.78, 5) is 31.7. The van der Waals surface area contributed by atoms with E-state index in [9.17, 15) is 4.79 Å². The van der Waals surface area contributed by atoms with Gasteiger partial charge in [-0.05, 0) is 49.9 Å². The molecule has 252 valence electrons. The average molecular weight is 653 g/mol. The highest BCUT2D eigenvalue weighted by molar-refractivity contribution is 5.95. The minimum Gasteiger partial charge on any atom is -0.467 e. The van der Waals surface area contributed by atoms with Crippen molar-refractivity contribution in [3.05, 3.63) is 83.6 Å². The first-order valence-electron chi connectivity index (χ1n) is 16.9. The first-order valence-corrected chi connectivity index (χ1v) is 16.9. The maximum Gasteiger partial charge on any atom is 0.410 e. The number of aromatic nitrogens is 2. The summed E-state index contributed by atoms with van der Waals surface area (Å²) in [6, 6.07) is 23.1. The summed E-state index contributed by atoms with van der Waals surface area (Å²) in [5, 5.41) is 2.27. The predicted octanol–water partition coefficient (Wildman–Crippen LogP) is 5.11. The van der Waals surface area contributed by atoms with Crippen LogP contribution in [-0.4, -0.2) is 98.7 Å². The number of amides is 1. The van der Waals surface area contributed by atoms with Crippen LogP contribution in [0.4, 0.5) is 16.3 Å². The van der Waals surface area contributed by atoms with E-state index in [0.717, 1.165) is 70.8 Å². The van der Waals surface area contributed by atoms with Crippen LogP contribution in [0.1, 0.15) is 29.7 Å². The molecule has 2 fully saturated rings. The van der Waals surface area contributed by atoms with Crippen molar-refractivity contribution in [2.45, 2.75) is 38.5 Å². The van der Waals surface area contributed by atoms with Gasteiger partial charge in [0.1, 0.15) is 24.8 Å². The van der Waals surface area contributed by atoms with Crippen molar-refractivity contribution < 1.29 is 23.7 Å². The second-order valence-corrected chi connectivity index (χ2v) is 12.7. The van der Waals surface area contributed by atoms with Crippen molar-refractivity contribution in [2.75, 3.05) is 76.6 Å². The molecule has 0 radical (unpaired) electrons. The highest BCUT2D eigenvalue weighted by atomic mass is 16.7. The largest absolute Gasteiger partial charge is 0.467 e. The fourth-order valence-corrected chi connectivity index (χ4v) is 6.93. The van der Waals surface area contributed by atoms with Crippen molar-refractivity contribution in [2.24, 2.45) is 0 Å². The molecule has 1 aromatic heterocycles. The van der Waals surface area contributed by atoms with Gasteiger partial charge >= 0.3 is 12.1 Å². The van der Waals surface area contributed by atoms with Crippen LogP contribution >= 0.6 is 0 Å². The van der Waals surface area contributed by atoms with Gasteiger partial charge in [0.25, 0.3) is 0 Å². The zero-order valence-corrected chi connectivity index (χ0v) is 27.8. The Hall–Kier alpha value is -4.61. The van der Waals surface area contributed by atoms with Gasteiger partial charge < -0.3 is 38.5 Å². The minimum atomic E-state index is -0.285. The smallest absolute Gasteiger partial charge is 0.410 e. The standard InChI is InChI=1S/C37H44N6O5/c1-40-15-8-12-29(40)25-46-36-38-33-23-43(34-22-30(48-26-45-2)21-28-11-6-7-13-31(28)34)16-14-32(33)35(39-36)41-17-19-42(20-18-41)37(44)47-24-27-9-4-3-5-10-27/h3-7,9-11,13,21-22,29H,8,12,14-20,23-26H2,1-2H3. The Morgan fingerprint density at radius 2 is 1.71 bits per heavy atom. The number of hydrogen-bond donors (Lipinski definition) is 0. The van der Waals surface area contributed by atoms with Crippen LogP contribution in [0.25, 0.3) is 10.8 Å². The van der Waals surface area contributed by atoms with Gasteiger partial charge in [0.15, 0.2) is 6.79 Å². The SMILES string of the molecule is COCOc1cc(N2CCc3c(nc(OCC4CCCN4C)nc3N3CCN(C(=O)OCc4ccccc4)CC3)C2)c2ccccc2c1. The third-order valence-corrected chi connectivity index (χ3v) is 9.64. The molecule has 7 rings (SSSR count). The van der Waals surface area contributed by atoms with E-state index in [2.05, 4.69) is 52.1 Å². The molecule has 3 aromatic carbocycles. The van der Waals surface area contributed by atoms with Crippen LogP contribution in [0.3, 0.4) is 0 Å². The molecule has 3 aliphatic rings. The normalized spacial score (nSPS) is 18.2. The Kier molecular flexibility index (Phi) is 9.76. The number of ether oxygens (including phenoxy) is 4. The molecule has 11 heteroatoms. The van der Waals surface area contributed by atoms with Gasteiger partial charge in [-0.3, -0.25) is 0 Å². The van der Waals surface area contributed by atoms with Crippen LogP contribution in [-0.2, 0) is 29.0 Å². The number of nitrogens with zero attached hydrogens (tertiary/aromatic N) is 6. The van der Waals surface area contributed by atoms with Crippen LogP contribution in [0.15, 0.2) is 66.7 Å². The molecule has 0 spiro atoms. The minimum absolute atomic E-state index is 0.187. The Bertz CT molecular complexity index is 1710. The molecule has 4 aromatic rings. The van der Waals surface area contributed by atoms with Crippen LogP contribution < -0.4 is 19.3 Å². The van der Waals surface area contributed by atoms with Crippen molar-refractivity contribution in [3.8, 4) is 11.8 Å². The molecule has 1 amide bonds. The highest BCUT2D eigenvalue weighted by Crippen LogP contribution is 2.37. The fraction of sp³-hybridized carbons (Fsp3) is 0.432. The number of likely N-dealkylation sites (N-methyl/N-ethyl adjacent to an activating group) is 1. The molecule has 0 bridgehead atoms. The number of piperazine rings is 1. The Morgan fingerprint density at radius 1 is 0.896 bits per heavy atom. The number of carbonyl (C=O) groups excluding carboxylic acids is 1. The number of carbonyl (C=O) groups is 1. The average Bonchev–Trinajstić information content (AvgIpc) is 3.55. The summed E-state index contributed by atoms with van der Waals surface area (Å²) in [5.74, 6) is 1.68. The third kappa shape index (κ3) is 7.12. The molecular weight excluding hydrogens is 608 g/mol. The van der Waals surface area contributed by atoms with Gasteiger partial charge in [-0.2, -0.15) is 9.97 Å². The summed E-state index contributed by atoms with van der Waals surface area (Å²) in [6.45, 7) is 5.94. The lowest BCUT2D eigenvalue weighted by atomic mass is 10.0. The maximum absolute atomic E-state index is 12.9. The number of fused-ring (bicyclic) bond motifs is 2. The van der Waals surface area contributed by atoms with E-state index in [1.165, 1.54) is 6.42 Å². The van der Waals surface area contributed by atoms with Gasteiger partial charge in [-0.1, -0.05) is 54.6 Å². The number of rotatable bonds is 10. The Balaban J connectivity index is 1.12. The van der Waals surface area contributed by atoms with Gasteiger partial charge in [0.05, 0.1) is 12.2 Å². The van der Waals surface area contributed by atoms with E-state index in [1.54, 1.807) is 12.0 Å². The van der Waals surface area contributed by atoms with Crippen molar-refractivity contribution in [1.29, 1.82) is 0 Å². The zero-order valence-electron chi connectivity index (χ0n) is 27.8. The Morgan fingerprint density at radius 3 is 2.50 bits per heavy atom. The van der Waals surface area contributed by atoms with E-state index >= 15 is 0 Å². The monoisotopic (exact) mass is 652 g/mol. The summed E-state index contributed by atoms with van der Waals surface area (Å²) in [7, 11) is 3.78. The molecule has 1 unspecified atom stereocenters. The lowest BCUT2D eigenvalue weighted by Crippen LogP contribution is -2.49. The lowest BCUT2D eigenvalue weighted by molar-refractivity contribution is 0.0512. The molecule has 3 aliphatic heterocycles. The second-order valence-electron chi connectivity index (χ2n) is 12.7.